The van der Waals surface area contributed by atoms with Crippen LogP contribution in [0.25, 0.3) is 0 Å². The number of ether oxygens (including phenoxy) is 2. The Bertz CT molecular complexity index is 679. The van der Waals surface area contributed by atoms with E-state index < -0.39 is 11.7 Å². The van der Waals surface area contributed by atoms with Crippen LogP contribution in [-0.2, 0) is 0 Å². The van der Waals surface area contributed by atoms with Crippen molar-refractivity contribution in [2.24, 2.45) is 0 Å². The Labute approximate surface area is 125 Å². The zero-order valence-electron chi connectivity index (χ0n) is 11.3. The largest absolute Gasteiger partial charge is 0.495 e. The van der Waals surface area contributed by atoms with Gasteiger partial charge in [-0.1, -0.05) is 11.6 Å². The summed E-state index contributed by atoms with van der Waals surface area (Å²) < 4.78 is 23.7. The summed E-state index contributed by atoms with van der Waals surface area (Å²) >= 11 is 6.00. The zero-order valence-corrected chi connectivity index (χ0v) is 12.1. The number of rotatable bonds is 4. The van der Waals surface area contributed by atoms with Gasteiger partial charge in [0.2, 0.25) is 0 Å². The third kappa shape index (κ3) is 3.22. The Kier molecular flexibility index (Phi) is 4.59. The molecule has 0 saturated heterocycles. The fourth-order valence-electron chi connectivity index (χ4n) is 1.71. The first-order valence-electron chi connectivity index (χ1n) is 5.89. The third-order valence-electron chi connectivity index (χ3n) is 2.74. The molecule has 0 aliphatic carbocycles. The molecule has 110 valence electrons. The van der Waals surface area contributed by atoms with E-state index in [9.17, 15) is 9.18 Å². The van der Waals surface area contributed by atoms with Crippen LogP contribution in [-0.4, -0.2) is 25.1 Å². The summed E-state index contributed by atoms with van der Waals surface area (Å²) in [4.78, 5) is 15.6. The van der Waals surface area contributed by atoms with Gasteiger partial charge < -0.3 is 14.8 Å². The van der Waals surface area contributed by atoms with Crippen molar-refractivity contribution in [2.45, 2.75) is 0 Å². The molecule has 0 atom stereocenters. The maximum atomic E-state index is 13.5. The summed E-state index contributed by atoms with van der Waals surface area (Å²) in [5.74, 6) is -0.594. The highest BCUT2D eigenvalue weighted by molar-refractivity contribution is 6.32. The molecule has 1 aromatic heterocycles. The van der Waals surface area contributed by atoms with Crippen LogP contribution in [0, 0.1) is 5.82 Å². The second-order valence-corrected chi connectivity index (χ2v) is 4.40. The molecule has 0 aliphatic rings. The first-order chi connectivity index (χ1) is 10.1. The lowest BCUT2D eigenvalue weighted by Gasteiger charge is -2.13. The van der Waals surface area contributed by atoms with Gasteiger partial charge in [-0.25, -0.2) is 4.39 Å². The minimum Gasteiger partial charge on any atom is -0.495 e. The smallest absolute Gasteiger partial charge is 0.258 e. The van der Waals surface area contributed by atoms with Crippen molar-refractivity contribution in [1.29, 1.82) is 0 Å². The second-order valence-electron chi connectivity index (χ2n) is 4.00. The molecule has 0 aliphatic heterocycles. The van der Waals surface area contributed by atoms with Crippen LogP contribution >= 0.6 is 11.6 Å². The van der Waals surface area contributed by atoms with E-state index in [4.69, 9.17) is 21.1 Å². The van der Waals surface area contributed by atoms with Gasteiger partial charge in [-0.2, -0.15) is 0 Å². The van der Waals surface area contributed by atoms with E-state index in [-0.39, 0.29) is 5.56 Å². The number of nitrogens with one attached hydrogen (secondary N) is 1. The number of hydrogen-bond donors (Lipinski definition) is 1. The first kappa shape index (κ1) is 15.1. The van der Waals surface area contributed by atoms with Crippen molar-refractivity contribution in [3.8, 4) is 11.5 Å². The summed E-state index contributed by atoms with van der Waals surface area (Å²) in [6.07, 6.45) is 2.30. The summed E-state index contributed by atoms with van der Waals surface area (Å²) in [7, 11) is 2.90. The van der Waals surface area contributed by atoms with Crippen LogP contribution in [0.3, 0.4) is 0 Å². The van der Waals surface area contributed by atoms with Gasteiger partial charge in [-0.15, -0.1) is 0 Å². The Balaban J connectivity index is 2.33. The van der Waals surface area contributed by atoms with Crippen LogP contribution in [0.5, 0.6) is 11.5 Å². The highest BCUT2D eigenvalue weighted by atomic mass is 35.5. The number of anilines is 1. The van der Waals surface area contributed by atoms with Crippen LogP contribution in [0.4, 0.5) is 10.1 Å². The van der Waals surface area contributed by atoms with E-state index >= 15 is 0 Å². The molecule has 1 amide bonds. The minimum atomic E-state index is -0.714. The topological polar surface area (TPSA) is 60.5 Å². The van der Waals surface area contributed by atoms with E-state index in [1.807, 2.05) is 0 Å². The minimum absolute atomic E-state index is 0.126. The van der Waals surface area contributed by atoms with Gasteiger partial charge in [-0.05, 0) is 12.1 Å². The number of carbonyl (C=O) groups excluding carboxylic acids is 1. The third-order valence-corrected chi connectivity index (χ3v) is 3.03. The number of halogens is 2. The average Bonchev–Trinajstić information content (AvgIpc) is 2.48. The second kappa shape index (κ2) is 6.41. The highest BCUT2D eigenvalue weighted by Crippen LogP contribution is 2.36. The van der Waals surface area contributed by atoms with Crippen molar-refractivity contribution in [1.82, 2.24) is 4.98 Å². The number of amides is 1. The van der Waals surface area contributed by atoms with Crippen LogP contribution in [0.1, 0.15) is 10.4 Å². The van der Waals surface area contributed by atoms with Crippen LogP contribution < -0.4 is 14.8 Å². The molecule has 1 heterocycles. The van der Waals surface area contributed by atoms with E-state index in [1.165, 1.54) is 38.6 Å². The number of methoxy groups -OCH3 is 2. The van der Waals surface area contributed by atoms with Gasteiger partial charge in [0, 0.05) is 12.3 Å². The normalized spacial score (nSPS) is 10.1. The molecule has 0 radical (unpaired) electrons. The summed E-state index contributed by atoms with van der Waals surface area (Å²) in [5, 5.41) is 2.83. The van der Waals surface area contributed by atoms with Gasteiger partial charge in [0.1, 0.15) is 11.5 Å². The van der Waals surface area contributed by atoms with E-state index in [0.717, 1.165) is 6.20 Å². The van der Waals surface area contributed by atoms with Gasteiger partial charge >= 0.3 is 0 Å². The average molecular weight is 311 g/mol. The Morgan fingerprint density at radius 1 is 1.29 bits per heavy atom. The molecule has 0 bridgehead atoms. The lowest BCUT2D eigenvalue weighted by atomic mass is 10.2. The van der Waals surface area contributed by atoms with Crippen LogP contribution in [0.2, 0.25) is 5.02 Å². The van der Waals surface area contributed by atoms with Gasteiger partial charge in [0.25, 0.3) is 5.91 Å². The number of carbonyl (C=O) groups is 1. The van der Waals surface area contributed by atoms with Gasteiger partial charge in [0.15, 0.2) is 5.82 Å². The molecule has 2 aromatic rings. The Morgan fingerprint density at radius 3 is 2.62 bits per heavy atom. The number of hydrogen-bond acceptors (Lipinski definition) is 4. The van der Waals surface area contributed by atoms with Gasteiger partial charge in [-0.3, -0.25) is 9.78 Å². The number of benzene rings is 1. The molecule has 2 rings (SSSR count). The predicted octanol–water partition coefficient (Wildman–Crippen LogP) is 3.14. The Morgan fingerprint density at radius 2 is 2.00 bits per heavy atom. The lowest BCUT2D eigenvalue weighted by molar-refractivity contribution is 0.102. The van der Waals surface area contributed by atoms with E-state index in [0.29, 0.717) is 22.2 Å². The molecule has 21 heavy (non-hydrogen) atoms. The maximum absolute atomic E-state index is 13.5. The Hall–Kier alpha value is -2.34. The van der Waals surface area contributed by atoms with Crippen molar-refractivity contribution in [3.05, 3.63) is 47.0 Å². The molecule has 5 nitrogen and oxygen atoms in total. The molecule has 0 unspecified atom stereocenters. The van der Waals surface area contributed by atoms with Crippen molar-refractivity contribution in [3.63, 3.8) is 0 Å². The molecule has 0 spiro atoms. The van der Waals surface area contributed by atoms with Crippen molar-refractivity contribution < 1.29 is 18.7 Å². The highest BCUT2D eigenvalue weighted by Gasteiger charge is 2.16. The number of aromatic nitrogens is 1. The molecular formula is C14H12ClFN2O3. The number of pyridine rings is 1. The molecule has 0 fully saturated rings. The fourth-order valence-corrected chi connectivity index (χ4v) is 1.95. The van der Waals surface area contributed by atoms with Crippen molar-refractivity contribution >= 4 is 23.2 Å². The number of nitrogens with zero attached hydrogens (tertiary/aromatic N) is 1. The molecule has 7 heteroatoms. The lowest BCUT2D eigenvalue weighted by Crippen LogP contribution is -2.14. The maximum Gasteiger partial charge on any atom is 0.258 e. The van der Waals surface area contributed by atoms with Gasteiger partial charge in [0.05, 0.1) is 36.7 Å². The predicted molar refractivity (Wildman–Crippen MR) is 76.7 cm³/mol. The standard InChI is InChI=1S/C14H12ClFN2O3/c1-20-12-6-13(21-2)11(5-9(12)15)18-14(19)8-3-4-17-7-10(8)16/h3-7H,1-2H3,(H,18,19). The monoisotopic (exact) mass is 310 g/mol. The molecule has 1 aromatic carbocycles. The van der Waals surface area contributed by atoms with Crippen molar-refractivity contribution in [2.75, 3.05) is 19.5 Å². The zero-order chi connectivity index (χ0) is 15.4. The summed E-state index contributed by atoms with van der Waals surface area (Å²) in [6.45, 7) is 0. The summed E-state index contributed by atoms with van der Waals surface area (Å²) in [6, 6.07) is 4.28. The quantitative estimate of drug-likeness (QED) is 0.942. The summed E-state index contributed by atoms with van der Waals surface area (Å²) in [5.41, 5.74) is 0.184. The molecule has 0 saturated carbocycles. The van der Waals surface area contributed by atoms with Crippen LogP contribution in [0.15, 0.2) is 30.6 Å². The molecule has 1 N–H and O–H groups in total. The van der Waals surface area contributed by atoms with E-state index in [2.05, 4.69) is 10.3 Å². The first-order valence-corrected chi connectivity index (χ1v) is 6.27. The SMILES string of the molecule is COc1cc(OC)c(NC(=O)c2ccncc2F)cc1Cl. The van der Waals surface area contributed by atoms with E-state index in [1.54, 1.807) is 0 Å². The molecular weight excluding hydrogens is 299 g/mol. The fraction of sp³-hybridized carbons (Fsp3) is 0.143.